The maximum atomic E-state index is 13.5. The predicted molar refractivity (Wildman–Crippen MR) is 126 cm³/mol. The van der Waals surface area contributed by atoms with Crippen molar-refractivity contribution in [3.05, 3.63) is 98.2 Å². The summed E-state index contributed by atoms with van der Waals surface area (Å²) in [6.07, 6.45) is 4.70. The van der Waals surface area contributed by atoms with E-state index >= 15 is 0 Å². The first-order valence-corrected chi connectivity index (χ1v) is 12.9. The lowest BCUT2D eigenvalue weighted by molar-refractivity contribution is 0.603. The Balaban J connectivity index is 1.86. The molecule has 0 amide bonds. The molecule has 152 valence electrons. The number of aryl methyl sites for hydroxylation is 1. The van der Waals surface area contributed by atoms with Crippen LogP contribution in [0.4, 0.5) is 0 Å². The van der Waals surface area contributed by atoms with Gasteiger partial charge in [0, 0.05) is 11.2 Å². The fourth-order valence-electron chi connectivity index (χ4n) is 4.86. The molecule has 0 heterocycles. The fourth-order valence-corrected chi connectivity index (χ4v) is 7.05. The normalized spacial score (nSPS) is 17.5. The summed E-state index contributed by atoms with van der Waals surface area (Å²) >= 11 is 3.70. The Hall–Kier alpha value is -2.17. The third-order valence-electron chi connectivity index (χ3n) is 6.31. The van der Waals surface area contributed by atoms with Gasteiger partial charge in [-0.05, 0) is 70.3 Å². The zero-order valence-electron chi connectivity index (χ0n) is 16.9. The van der Waals surface area contributed by atoms with E-state index in [1.165, 1.54) is 26.8 Å². The first kappa shape index (κ1) is 19.8. The van der Waals surface area contributed by atoms with Crippen molar-refractivity contribution < 1.29 is 8.42 Å². The molecule has 3 aromatic carbocycles. The van der Waals surface area contributed by atoms with Crippen LogP contribution < -0.4 is 10.4 Å². The molecule has 0 radical (unpaired) electrons. The summed E-state index contributed by atoms with van der Waals surface area (Å²) in [7, 11) is -3.51. The van der Waals surface area contributed by atoms with Crippen molar-refractivity contribution in [2.24, 2.45) is 0 Å². The summed E-state index contributed by atoms with van der Waals surface area (Å²) in [6, 6.07) is 19.9. The van der Waals surface area contributed by atoms with Gasteiger partial charge >= 0.3 is 0 Å². The van der Waals surface area contributed by atoms with Crippen molar-refractivity contribution in [3.8, 4) is 0 Å². The van der Waals surface area contributed by atoms with Gasteiger partial charge in [0.1, 0.15) is 0 Å². The van der Waals surface area contributed by atoms with Gasteiger partial charge in [-0.1, -0.05) is 76.1 Å². The molecule has 30 heavy (non-hydrogen) atoms. The van der Waals surface area contributed by atoms with Crippen LogP contribution in [-0.2, 0) is 16.3 Å². The highest BCUT2D eigenvalue weighted by molar-refractivity contribution is 9.09. The zero-order chi connectivity index (χ0) is 20.9. The first-order chi connectivity index (χ1) is 14.5. The van der Waals surface area contributed by atoms with Crippen LogP contribution in [0.1, 0.15) is 35.4 Å². The standard InChI is InChI=1S/C26H23BrO2S/c1-17-9-11-20(12-10-17)30(28,29)25-8-4-7-23-22(25)13-14-24-21-6-3-2-5-18(21)15-19(16-27)26(23)24/h2-3,5-6,9-15,19H,4,7-8,16H2,1H3. The van der Waals surface area contributed by atoms with E-state index in [0.717, 1.165) is 29.0 Å². The zero-order valence-corrected chi connectivity index (χ0v) is 19.3. The molecule has 0 fully saturated rings. The van der Waals surface area contributed by atoms with E-state index in [4.69, 9.17) is 0 Å². The number of hydrogen-bond donors (Lipinski definition) is 0. The Morgan fingerprint density at radius 1 is 0.900 bits per heavy atom. The highest BCUT2D eigenvalue weighted by Gasteiger charge is 2.27. The molecular weight excluding hydrogens is 456 g/mol. The number of benzene rings is 3. The molecule has 0 saturated heterocycles. The lowest BCUT2D eigenvalue weighted by Crippen LogP contribution is -2.27. The van der Waals surface area contributed by atoms with E-state index in [0.29, 0.717) is 16.2 Å². The Kier molecular flexibility index (Phi) is 4.95. The summed E-state index contributed by atoms with van der Waals surface area (Å²) in [5.41, 5.74) is 3.56. The van der Waals surface area contributed by atoms with Crippen molar-refractivity contribution in [2.45, 2.75) is 37.0 Å². The van der Waals surface area contributed by atoms with E-state index in [1.54, 1.807) is 12.1 Å². The molecular formula is C26H23BrO2S. The van der Waals surface area contributed by atoms with Crippen LogP contribution in [0.2, 0.25) is 0 Å². The van der Waals surface area contributed by atoms with Crippen LogP contribution >= 0.6 is 15.9 Å². The van der Waals surface area contributed by atoms with E-state index in [2.05, 4.69) is 52.3 Å². The van der Waals surface area contributed by atoms with E-state index in [1.807, 2.05) is 25.1 Å². The number of rotatable bonds is 3. The first-order valence-electron chi connectivity index (χ1n) is 10.3. The van der Waals surface area contributed by atoms with Gasteiger partial charge in [0.25, 0.3) is 0 Å². The maximum Gasteiger partial charge on any atom is 0.203 e. The summed E-state index contributed by atoms with van der Waals surface area (Å²) in [6.45, 7) is 1.97. The van der Waals surface area contributed by atoms with Gasteiger partial charge in [-0.3, -0.25) is 0 Å². The van der Waals surface area contributed by atoms with Gasteiger partial charge < -0.3 is 0 Å². The van der Waals surface area contributed by atoms with Crippen LogP contribution in [0.15, 0.2) is 65.6 Å². The molecule has 0 spiro atoms. The van der Waals surface area contributed by atoms with Crippen LogP contribution in [0.3, 0.4) is 0 Å². The Morgan fingerprint density at radius 3 is 2.40 bits per heavy atom. The minimum Gasteiger partial charge on any atom is -0.219 e. The third-order valence-corrected chi connectivity index (χ3v) is 8.98. The molecule has 3 aromatic rings. The van der Waals surface area contributed by atoms with Crippen molar-refractivity contribution >= 4 is 36.7 Å². The minimum atomic E-state index is -3.51. The summed E-state index contributed by atoms with van der Waals surface area (Å²) < 4.78 is 27.0. The largest absolute Gasteiger partial charge is 0.219 e. The van der Waals surface area contributed by atoms with Gasteiger partial charge in [-0.25, -0.2) is 8.42 Å². The topological polar surface area (TPSA) is 34.1 Å². The van der Waals surface area contributed by atoms with Gasteiger partial charge in [-0.2, -0.15) is 0 Å². The quantitative estimate of drug-likeness (QED) is 0.520. The van der Waals surface area contributed by atoms with Crippen molar-refractivity contribution in [1.29, 1.82) is 0 Å². The lowest BCUT2D eigenvalue weighted by atomic mass is 9.84. The van der Waals surface area contributed by atoms with Gasteiger partial charge in [-0.15, -0.1) is 0 Å². The molecule has 0 aliphatic heterocycles. The third kappa shape index (κ3) is 3.09. The molecule has 2 nitrogen and oxygen atoms in total. The Morgan fingerprint density at radius 2 is 1.63 bits per heavy atom. The number of sulfone groups is 1. The van der Waals surface area contributed by atoms with Crippen LogP contribution in [-0.4, -0.2) is 13.7 Å². The average Bonchev–Trinajstić information content (AvgIpc) is 2.77. The van der Waals surface area contributed by atoms with E-state index < -0.39 is 9.84 Å². The molecule has 5 rings (SSSR count). The smallest absolute Gasteiger partial charge is 0.203 e. The van der Waals surface area contributed by atoms with E-state index in [9.17, 15) is 8.42 Å². The average molecular weight is 479 g/mol. The lowest BCUT2D eigenvalue weighted by Gasteiger charge is -2.24. The highest BCUT2D eigenvalue weighted by Crippen LogP contribution is 2.32. The van der Waals surface area contributed by atoms with E-state index in [-0.39, 0.29) is 5.92 Å². The second-order valence-electron chi connectivity index (χ2n) is 8.16. The molecule has 1 unspecified atom stereocenters. The molecule has 2 aliphatic rings. The monoisotopic (exact) mass is 478 g/mol. The predicted octanol–water partition coefficient (Wildman–Crippen LogP) is 4.47. The molecule has 1 atom stereocenters. The molecule has 0 bridgehead atoms. The summed E-state index contributed by atoms with van der Waals surface area (Å²) in [5.74, 6) is 0.242. The molecule has 0 aromatic heterocycles. The summed E-state index contributed by atoms with van der Waals surface area (Å²) in [5, 5.41) is 5.47. The van der Waals surface area contributed by atoms with Crippen LogP contribution in [0.5, 0.6) is 0 Å². The second kappa shape index (κ2) is 7.51. The number of alkyl halides is 1. The highest BCUT2D eigenvalue weighted by atomic mass is 79.9. The Labute approximate surface area is 185 Å². The maximum absolute atomic E-state index is 13.5. The number of halogens is 1. The molecule has 2 aliphatic carbocycles. The van der Waals surface area contributed by atoms with Gasteiger partial charge in [0.2, 0.25) is 9.84 Å². The number of hydrogen-bond acceptors (Lipinski definition) is 2. The molecule has 4 heteroatoms. The Bertz CT molecular complexity index is 1470. The molecule has 0 saturated carbocycles. The number of fused-ring (bicyclic) bond motifs is 4. The fraction of sp³-hybridized carbons (Fsp3) is 0.231. The van der Waals surface area contributed by atoms with Gasteiger partial charge in [0.15, 0.2) is 0 Å². The van der Waals surface area contributed by atoms with Crippen LogP contribution in [0, 0.1) is 17.4 Å². The van der Waals surface area contributed by atoms with Gasteiger partial charge in [0.05, 0.1) is 9.80 Å². The van der Waals surface area contributed by atoms with Crippen LogP contribution in [0.25, 0.3) is 11.0 Å². The van der Waals surface area contributed by atoms with Crippen molar-refractivity contribution in [2.75, 3.05) is 5.33 Å². The SMILES string of the molecule is Cc1ccc(S(=O)(=O)C2=c3ccc4c(c3CCC2)C(CBr)C=c2ccccc2=4)cc1. The summed E-state index contributed by atoms with van der Waals surface area (Å²) in [4.78, 5) is 0.963. The van der Waals surface area contributed by atoms with Crippen molar-refractivity contribution in [1.82, 2.24) is 0 Å². The molecule has 0 N–H and O–H groups in total. The van der Waals surface area contributed by atoms with Crippen molar-refractivity contribution in [3.63, 3.8) is 0 Å². The second-order valence-corrected chi connectivity index (χ2v) is 10.8. The minimum absolute atomic E-state index is 0.242.